The Morgan fingerprint density at radius 1 is 1.11 bits per heavy atom. The van der Waals surface area contributed by atoms with Crippen molar-refractivity contribution in [2.24, 2.45) is 5.41 Å². The molecule has 1 aliphatic carbocycles. The number of carbonyl (C=O) groups is 1. The van der Waals surface area contributed by atoms with Gasteiger partial charge in [0.25, 0.3) is 0 Å². The number of Topliss-reactive ketones (excluding diaryl/α,β-unsaturated/α-hetero) is 1. The van der Waals surface area contributed by atoms with Crippen LogP contribution in [0.25, 0.3) is 5.53 Å². The van der Waals surface area contributed by atoms with Crippen molar-refractivity contribution in [3.8, 4) is 0 Å². The molecule has 0 unspecified atom stereocenters. The predicted octanol–water partition coefficient (Wildman–Crippen LogP) is 4.89. The van der Waals surface area contributed by atoms with Gasteiger partial charge in [0.2, 0.25) is 5.78 Å². The molecule has 0 heterocycles. The molecule has 0 saturated heterocycles. The maximum absolute atomic E-state index is 12.4. The van der Waals surface area contributed by atoms with Crippen molar-refractivity contribution < 1.29 is 23.5 Å². The number of allylic oxidation sites excluding steroid dienone is 2. The summed E-state index contributed by atoms with van der Waals surface area (Å²) in [6.07, 6.45) is 5.55. The lowest BCUT2D eigenvalue weighted by Gasteiger charge is -2.46. The van der Waals surface area contributed by atoms with Gasteiger partial charge in [-0.15, -0.1) is 0 Å². The first-order valence-corrected chi connectivity index (χ1v) is 12.1. The largest absolute Gasteiger partial charge is 0.500 e. The molecule has 0 aromatic heterocycles. The monoisotopic (exact) mass is 408 g/mol. The van der Waals surface area contributed by atoms with Gasteiger partial charge in [-0.25, -0.2) is 0 Å². The summed E-state index contributed by atoms with van der Waals surface area (Å²) in [5.41, 5.74) is 9.17. The zero-order valence-corrected chi connectivity index (χ0v) is 19.6. The second-order valence-electron chi connectivity index (χ2n) is 8.36. The van der Waals surface area contributed by atoms with E-state index in [1.165, 1.54) is 0 Å². The van der Waals surface area contributed by atoms with E-state index in [0.717, 1.165) is 6.21 Å². The normalized spacial score (nSPS) is 16.5. The lowest BCUT2D eigenvalue weighted by Crippen LogP contribution is -2.51. The number of nitrogens with zero attached hydrogens (tertiary/aromatic N) is 2. The van der Waals surface area contributed by atoms with Crippen molar-refractivity contribution in [3.63, 3.8) is 0 Å². The molecule has 0 spiro atoms. The third-order valence-corrected chi connectivity index (χ3v) is 12.0. The minimum Gasteiger partial charge on any atom is -0.500 e. The number of methoxy groups -OCH3 is 2. The summed E-state index contributed by atoms with van der Waals surface area (Å²) in [7, 11) is 1.03. The Balaban J connectivity index is 3.46. The third kappa shape index (κ3) is 4.65. The Morgan fingerprint density at radius 3 is 1.93 bits per heavy atom. The van der Waals surface area contributed by atoms with Crippen molar-refractivity contribution in [3.05, 3.63) is 29.2 Å². The van der Waals surface area contributed by atoms with Crippen LogP contribution in [-0.4, -0.2) is 45.9 Å². The zero-order valence-electron chi connectivity index (χ0n) is 18.6. The van der Waals surface area contributed by atoms with Crippen LogP contribution in [0.5, 0.6) is 0 Å². The van der Waals surface area contributed by atoms with Gasteiger partial charge in [0.1, 0.15) is 16.9 Å². The molecule has 0 aliphatic heterocycles. The Labute approximate surface area is 170 Å². The molecule has 0 bridgehead atoms. The van der Waals surface area contributed by atoms with Crippen molar-refractivity contribution in [1.29, 1.82) is 0 Å². The number of hydrogen-bond acceptors (Lipinski definition) is 4. The highest BCUT2D eigenvalue weighted by atomic mass is 28.4. The van der Waals surface area contributed by atoms with E-state index in [9.17, 15) is 4.79 Å². The van der Waals surface area contributed by atoms with Gasteiger partial charge >= 0.3 is 6.21 Å². The first-order valence-electron chi connectivity index (χ1n) is 9.95. The van der Waals surface area contributed by atoms with Gasteiger partial charge < -0.3 is 19.4 Å². The molecule has 1 rings (SSSR count). The summed E-state index contributed by atoms with van der Waals surface area (Å²) in [5, 5.41) is 0. The molecule has 0 aromatic carbocycles. The molecule has 0 atom stereocenters. The summed E-state index contributed by atoms with van der Waals surface area (Å²) in [5.74, 6) is 1.00. The van der Waals surface area contributed by atoms with Gasteiger partial charge in [-0.1, -0.05) is 41.5 Å². The fourth-order valence-electron chi connectivity index (χ4n) is 4.87. The average molecular weight is 409 g/mol. The number of hydrogen-bond donors (Lipinski definition) is 0. The van der Waals surface area contributed by atoms with Crippen LogP contribution in [-0.2, 0) is 18.7 Å². The quantitative estimate of drug-likeness (QED) is 0.211. The maximum atomic E-state index is 12.4. The van der Waals surface area contributed by atoms with Gasteiger partial charge in [-0.05, 0) is 35.2 Å². The Kier molecular flexibility index (Phi) is 8.86. The van der Waals surface area contributed by atoms with E-state index in [2.05, 4.69) is 46.3 Å². The van der Waals surface area contributed by atoms with E-state index in [4.69, 9.17) is 19.4 Å². The van der Waals surface area contributed by atoms with Crippen LogP contribution in [0.2, 0.25) is 16.6 Å². The topological polar surface area (TPSA) is 81.2 Å². The molecule has 7 heteroatoms. The SMILES string of the molecule is COC1=CCC=C(OC)C1(CO[Si](C(C)C)(C(C)C)C(C)C)CC(=O)C=[N+]=[N-]. The van der Waals surface area contributed by atoms with Crippen molar-refractivity contribution in [2.75, 3.05) is 20.8 Å². The lowest BCUT2D eigenvalue weighted by molar-refractivity contribution is -0.119. The third-order valence-electron chi connectivity index (χ3n) is 5.94. The summed E-state index contributed by atoms with van der Waals surface area (Å²) in [4.78, 5) is 15.3. The Morgan fingerprint density at radius 2 is 1.57 bits per heavy atom. The molecule has 0 radical (unpaired) electrons. The lowest BCUT2D eigenvalue weighted by atomic mass is 9.76. The molecule has 1 aliphatic rings. The molecule has 28 heavy (non-hydrogen) atoms. The molecule has 0 N–H and O–H groups in total. The summed E-state index contributed by atoms with van der Waals surface area (Å²) in [6.45, 7) is 13.6. The first kappa shape index (κ1) is 24.3. The van der Waals surface area contributed by atoms with Gasteiger partial charge in [-0.2, -0.15) is 4.79 Å². The van der Waals surface area contributed by atoms with Crippen molar-refractivity contribution in [1.82, 2.24) is 0 Å². The standard InChI is InChI=1S/C21H36N2O4Si/c1-15(2)28(16(3)4,17(5)6)27-14-21(12-18(24)13-23-22)19(25-7)10-9-11-20(21)26-8/h10-11,13,15-17H,9,12,14H2,1-8H3. The van der Waals surface area contributed by atoms with Crippen LogP contribution >= 0.6 is 0 Å². The average Bonchev–Trinajstić information content (AvgIpc) is 2.61. The minimum atomic E-state index is -2.17. The van der Waals surface area contributed by atoms with E-state index in [-0.39, 0.29) is 18.8 Å². The van der Waals surface area contributed by atoms with Crippen LogP contribution < -0.4 is 0 Å². The molecule has 6 nitrogen and oxygen atoms in total. The molecule has 0 amide bonds. The van der Waals surface area contributed by atoms with E-state index in [0.29, 0.717) is 34.6 Å². The number of carbonyl (C=O) groups excluding carboxylic acids is 1. The van der Waals surface area contributed by atoms with E-state index in [1.807, 2.05) is 12.2 Å². The summed E-state index contributed by atoms with van der Waals surface area (Å²) < 4.78 is 18.2. The van der Waals surface area contributed by atoms with Gasteiger partial charge in [0.15, 0.2) is 8.32 Å². The fourth-order valence-corrected chi connectivity index (χ4v) is 10.4. The molecular weight excluding hydrogens is 372 g/mol. The highest BCUT2D eigenvalue weighted by molar-refractivity contribution is 6.77. The Bertz CT molecular complexity index is 620. The zero-order chi connectivity index (χ0) is 21.5. The van der Waals surface area contributed by atoms with Crippen molar-refractivity contribution >= 4 is 20.3 Å². The number of rotatable bonds is 11. The Hall–Kier alpha value is -1.69. The fraction of sp³-hybridized carbons (Fsp3) is 0.714. The first-order chi connectivity index (χ1) is 13.1. The highest BCUT2D eigenvalue weighted by Gasteiger charge is 2.50. The second kappa shape index (κ2) is 10.2. The van der Waals surface area contributed by atoms with Crippen LogP contribution in [0.1, 0.15) is 54.4 Å². The molecule has 0 aromatic rings. The smallest absolute Gasteiger partial charge is 0.323 e. The number of ether oxygens (including phenoxy) is 2. The van der Waals surface area contributed by atoms with E-state index < -0.39 is 13.7 Å². The molecule has 158 valence electrons. The predicted molar refractivity (Wildman–Crippen MR) is 114 cm³/mol. The summed E-state index contributed by atoms with van der Waals surface area (Å²) >= 11 is 0. The molecular formula is C21H36N2O4Si. The minimum absolute atomic E-state index is 0.0508. The van der Waals surface area contributed by atoms with Crippen LogP contribution in [0, 0.1) is 5.41 Å². The maximum Gasteiger partial charge on any atom is 0.323 e. The van der Waals surface area contributed by atoms with Gasteiger partial charge in [-0.3, -0.25) is 4.79 Å². The van der Waals surface area contributed by atoms with E-state index in [1.54, 1.807) is 14.2 Å². The van der Waals surface area contributed by atoms with Crippen LogP contribution in [0.4, 0.5) is 0 Å². The summed E-state index contributed by atoms with van der Waals surface area (Å²) in [6, 6.07) is 0. The van der Waals surface area contributed by atoms with E-state index >= 15 is 0 Å². The van der Waals surface area contributed by atoms with Crippen LogP contribution in [0.3, 0.4) is 0 Å². The van der Waals surface area contributed by atoms with Crippen LogP contribution in [0.15, 0.2) is 23.7 Å². The van der Waals surface area contributed by atoms with Gasteiger partial charge in [0.05, 0.1) is 20.8 Å². The highest BCUT2D eigenvalue weighted by Crippen LogP contribution is 2.48. The molecule has 0 fully saturated rings. The molecule has 0 saturated carbocycles. The number of ketones is 1. The van der Waals surface area contributed by atoms with Crippen molar-refractivity contribution in [2.45, 2.75) is 71.0 Å². The second-order valence-corrected chi connectivity index (χ2v) is 13.8. The van der Waals surface area contributed by atoms with Gasteiger partial charge in [0, 0.05) is 6.42 Å².